The quantitative estimate of drug-likeness (QED) is 0.678. The minimum Gasteiger partial charge on any atom is -0.309 e. The highest BCUT2D eigenvalue weighted by atomic mass is 16.6. The summed E-state index contributed by atoms with van der Waals surface area (Å²) in [4.78, 5) is 10.6. The fraction of sp³-hybridized carbons (Fsp3) is 0.400. The van der Waals surface area contributed by atoms with Crippen molar-refractivity contribution in [2.24, 2.45) is 0 Å². The normalized spacial score (nSPS) is 11.1. The maximum absolute atomic E-state index is 10.9. The van der Waals surface area contributed by atoms with Crippen molar-refractivity contribution in [3.63, 3.8) is 0 Å². The largest absolute Gasteiger partial charge is 0.309 e. The van der Waals surface area contributed by atoms with Crippen molar-refractivity contribution in [3.8, 4) is 5.69 Å². The smallest absolute Gasteiger partial charge is 0.272 e. The molecule has 0 atom stereocenters. The Morgan fingerprint density at radius 3 is 2.67 bits per heavy atom. The second-order valence-corrected chi connectivity index (χ2v) is 5.47. The van der Waals surface area contributed by atoms with Crippen LogP contribution in [0.25, 0.3) is 5.69 Å². The van der Waals surface area contributed by atoms with E-state index in [-0.39, 0.29) is 10.6 Å². The van der Waals surface area contributed by atoms with Crippen molar-refractivity contribution in [1.82, 2.24) is 15.1 Å². The molecule has 0 aliphatic heterocycles. The maximum Gasteiger partial charge on any atom is 0.272 e. The summed E-state index contributed by atoms with van der Waals surface area (Å²) in [7, 11) is 0. The van der Waals surface area contributed by atoms with Gasteiger partial charge >= 0.3 is 0 Å². The number of hydrogen-bond acceptors (Lipinski definition) is 4. The summed E-state index contributed by atoms with van der Waals surface area (Å²) < 4.78 is 1.77. The molecule has 0 aliphatic rings. The van der Waals surface area contributed by atoms with Crippen LogP contribution < -0.4 is 5.32 Å². The number of nitrogens with zero attached hydrogens (tertiary/aromatic N) is 3. The second-order valence-electron chi connectivity index (χ2n) is 5.47. The number of nitro groups is 1. The van der Waals surface area contributed by atoms with E-state index in [0.717, 1.165) is 16.9 Å². The molecule has 1 heterocycles. The zero-order valence-corrected chi connectivity index (χ0v) is 12.8. The molecule has 0 bridgehead atoms. The van der Waals surface area contributed by atoms with E-state index < -0.39 is 0 Å². The van der Waals surface area contributed by atoms with Crippen LogP contribution in [0.5, 0.6) is 0 Å². The molecule has 112 valence electrons. The number of aromatic nitrogens is 2. The molecular weight excluding hydrogens is 268 g/mol. The van der Waals surface area contributed by atoms with E-state index in [1.807, 2.05) is 19.2 Å². The SMILES string of the molecule is Cc1cc([N+](=O)[O-])c(C)cc1-n1ccc(CNC(C)C)n1. The van der Waals surface area contributed by atoms with E-state index in [2.05, 4.69) is 24.3 Å². The number of nitrogens with one attached hydrogen (secondary N) is 1. The Bertz CT molecular complexity index is 662. The van der Waals surface area contributed by atoms with Gasteiger partial charge in [0.2, 0.25) is 0 Å². The number of nitro benzene ring substituents is 1. The lowest BCUT2D eigenvalue weighted by Gasteiger charge is -2.08. The van der Waals surface area contributed by atoms with Crippen molar-refractivity contribution < 1.29 is 4.92 Å². The fourth-order valence-electron chi connectivity index (χ4n) is 2.13. The van der Waals surface area contributed by atoms with E-state index in [9.17, 15) is 10.1 Å². The molecule has 0 saturated carbocycles. The molecule has 6 nitrogen and oxygen atoms in total. The summed E-state index contributed by atoms with van der Waals surface area (Å²) in [6.45, 7) is 8.47. The molecule has 0 fully saturated rings. The van der Waals surface area contributed by atoms with E-state index >= 15 is 0 Å². The van der Waals surface area contributed by atoms with Crippen LogP contribution in [0.2, 0.25) is 0 Å². The molecule has 0 radical (unpaired) electrons. The fourth-order valence-corrected chi connectivity index (χ4v) is 2.13. The maximum atomic E-state index is 10.9. The summed E-state index contributed by atoms with van der Waals surface area (Å²) in [6.07, 6.45) is 1.88. The van der Waals surface area contributed by atoms with Crippen LogP contribution >= 0.6 is 0 Å². The van der Waals surface area contributed by atoms with Crippen LogP contribution in [0.4, 0.5) is 5.69 Å². The monoisotopic (exact) mass is 288 g/mol. The van der Waals surface area contributed by atoms with Crippen molar-refractivity contribution in [3.05, 3.63) is 51.3 Å². The van der Waals surface area contributed by atoms with Gasteiger partial charge in [-0.1, -0.05) is 13.8 Å². The van der Waals surface area contributed by atoms with Gasteiger partial charge in [-0.3, -0.25) is 10.1 Å². The summed E-state index contributed by atoms with van der Waals surface area (Å²) in [6, 6.07) is 5.75. The van der Waals surface area contributed by atoms with Gasteiger partial charge in [0.25, 0.3) is 5.69 Å². The van der Waals surface area contributed by atoms with E-state index in [1.54, 1.807) is 23.7 Å². The average Bonchev–Trinajstić information content (AvgIpc) is 2.87. The summed E-state index contributed by atoms with van der Waals surface area (Å²) in [5.74, 6) is 0. The standard InChI is InChI=1S/C15H20N4O2/c1-10(2)16-9-13-5-6-18(17-13)14-7-12(4)15(19(20)21)8-11(14)3/h5-8,10,16H,9H2,1-4H3. The van der Waals surface area contributed by atoms with Crippen LogP contribution in [0.1, 0.15) is 30.7 Å². The molecule has 0 unspecified atom stereocenters. The van der Waals surface area contributed by atoms with Gasteiger partial charge in [0, 0.05) is 30.4 Å². The molecule has 0 spiro atoms. The molecule has 0 aliphatic carbocycles. The first kappa shape index (κ1) is 15.2. The van der Waals surface area contributed by atoms with E-state index in [1.165, 1.54) is 0 Å². The molecule has 6 heteroatoms. The average molecular weight is 288 g/mol. The number of hydrogen-bond donors (Lipinski definition) is 1. The lowest BCUT2D eigenvalue weighted by Crippen LogP contribution is -2.22. The first-order valence-corrected chi connectivity index (χ1v) is 6.92. The molecule has 2 rings (SSSR count). The number of benzene rings is 1. The van der Waals surface area contributed by atoms with Crippen molar-refractivity contribution in [1.29, 1.82) is 0 Å². The van der Waals surface area contributed by atoms with Gasteiger partial charge in [0.05, 0.1) is 16.3 Å². The van der Waals surface area contributed by atoms with Crippen molar-refractivity contribution in [2.75, 3.05) is 0 Å². The van der Waals surface area contributed by atoms with Crippen LogP contribution in [-0.2, 0) is 6.54 Å². The van der Waals surface area contributed by atoms with Gasteiger partial charge in [-0.15, -0.1) is 0 Å². The van der Waals surface area contributed by atoms with Gasteiger partial charge in [0.15, 0.2) is 0 Å². The summed E-state index contributed by atoms with van der Waals surface area (Å²) in [5, 5.41) is 18.8. The first-order chi connectivity index (χ1) is 9.88. The van der Waals surface area contributed by atoms with Crippen LogP contribution in [0.15, 0.2) is 24.4 Å². The Balaban J connectivity index is 2.30. The van der Waals surface area contributed by atoms with Gasteiger partial charge in [-0.2, -0.15) is 5.10 Å². The summed E-state index contributed by atoms with van der Waals surface area (Å²) >= 11 is 0. The van der Waals surface area contributed by atoms with Gasteiger partial charge in [-0.25, -0.2) is 4.68 Å². The number of rotatable bonds is 5. The second kappa shape index (κ2) is 6.05. The molecule has 0 amide bonds. The lowest BCUT2D eigenvalue weighted by atomic mass is 10.1. The zero-order valence-electron chi connectivity index (χ0n) is 12.8. The van der Waals surface area contributed by atoms with Gasteiger partial charge in [0.1, 0.15) is 0 Å². The van der Waals surface area contributed by atoms with Crippen LogP contribution in [-0.4, -0.2) is 20.7 Å². The van der Waals surface area contributed by atoms with E-state index in [0.29, 0.717) is 18.2 Å². The van der Waals surface area contributed by atoms with E-state index in [4.69, 9.17) is 0 Å². The predicted molar refractivity (Wildman–Crippen MR) is 81.7 cm³/mol. The Morgan fingerprint density at radius 1 is 1.33 bits per heavy atom. The van der Waals surface area contributed by atoms with Crippen LogP contribution in [0, 0.1) is 24.0 Å². The zero-order chi connectivity index (χ0) is 15.6. The Kier molecular flexibility index (Phi) is 4.37. The Morgan fingerprint density at radius 2 is 2.05 bits per heavy atom. The molecule has 2 aromatic rings. The van der Waals surface area contributed by atoms with Gasteiger partial charge < -0.3 is 5.32 Å². The minimum absolute atomic E-state index is 0.144. The molecule has 1 aromatic carbocycles. The van der Waals surface area contributed by atoms with Crippen molar-refractivity contribution >= 4 is 5.69 Å². The minimum atomic E-state index is -0.354. The third-order valence-electron chi connectivity index (χ3n) is 3.29. The highest BCUT2D eigenvalue weighted by Crippen LogP contribution is 2.24. The Labute approximate surface area is 123 Å². The molecule has 0 saturated heterocycles. The summed E-state index contributed by atoms with van der Waals surface area (Å²) in [5.41, 5.74) is 3.43. The number of aryl methyl sites for hydroxylation is 2. The van der Waals surface area contributed by atoms with Crippen LogP contribution in [0.3, 0.4) is 0 Å². The van der Waals surface area contributed by atoms with Crippen molar-refractivity contribution in [2.45, 2.75) is 40.3 Å². The third-order valence-corrected chi connectivity index (χ3v) is 3.29. The molecule has 21 heavy (non-hydrogen) atoms. The Hall–Kier alpha value is -2.21. The highest BCUT2D eigenvalue weighted by molar-refractivity contribution is 5.52. The molecule has 1 aromatic heterocycles. The first-order valence-electron chi connectivity index (χ1n) is 6.92. The highest BCUT2D eigenvalue weighted by Gasteiger charge is 2.14. The molecular formula is C15H20N4O2. The van der Waals surface area contributed by atoms with Gasteiger partial charge in [-0.05, 0) is 31.5 Å². The predicted octanol–water partition coefficient (Wildman–Crippen LogP) is 2.90. The topological polar surface area (TPSA) is 73.0 Å². The third kappa shape index (κ3) is 3.46. The molecule has 1 N–H and O–H groups in total. The lowest BCUT2D eigenvalue weighted by molar-refractivity contribution is -0.385.